The van der Waals surface area contributed by atoms with Gasteiger partial charge in [0.1, 0.15) is 28.3 Å². The van der Waals surface area contributed by atoms with Gasteiger partial charge in [-0.3, -0.25) is 9.36 Å². The van der Waals surface area contributed by atoms with Crippen LogP contribution in [-0.4, -0.2) is 60.1 Å². The van der Waals surface area contributed by atoms with E-state index in [9.17, 15) is 15.0 Å². The summed E-state index contributed by atoms with van der Waals surface area (Å²) in [6, 6.07) is 0. The highest BCUT2D eigenvalue weighted by atomic mass is 35.5. The maximum Gasteiger partial charge on any atom is 0.235 e. The number of nitrogen functional groups attached to an aromatic ring is 1. The second-order valence-corrected chi connectivity index (χ2v) is 6.35. The van der Waals surface area contributed by atoms with Gasteiger partial charge < -0.3 is 21.3 Å². The number of aliphatic hydroxyl groups is 2. The van der Waals surface area contributed by atoms with Crippen LogP contribution in [0.1, 0.15) is 5.37 Å². The molecule has 0 saturated carbocycles. The number of amides is 1. The number of aliphatic hydroxyl groups excluding tert-OH is 2. The minimum atomic E-state index is -1.21. The van der Waals surface area contributed by atoms with Gasteiger partial charge in [0.15, 0.2) is 11.5 Å². The first kappa shape index (κ1) is 15.3. The van der Waals surface area contributed by atoms with Crippen molar-refractivity contribution in [3.8, 4) is 0 Å². The number of thioether (sulfide) groups is 1. The molecule has 0 aromatic carbocycles. The van der Waals surface area contributed by atoms with Gasteiger partial charge in [0.05, 0.1) is 6.33 Å². The van der Waals surface area contributed by atoms with Crippen molar-refractivity contribution in [2.75, 3.05) is 12.8 Å². The Kier molecular flexibility index (Phi) is 3.85. The fraction of sp³-hybridized carbons (Fsp3) is 0.455. The lowest BCUT2D eigenvalue weighted by molar-refractivity contribution is -0.122. The van der Waals surface area contributed by atoms with Gasteiger partial charge in [-0.25, -0.2) is 4.98 Å². The van der Waals surface area contributed by atoms with Crippen LogP contribution in [0.3, 0.4) is 0 Å². The van der Waals surface area contributed by atoms with Crippen molar-refractivity contribution in [2.24, 2.45) is 0 Å². The zero-order valence-electron chi connectivity index (χ0n) is 11.3. The number of fused-ring (bicyclic) bond motifs is 1. The molecule has 1 fully saturated rings. The first-order valence-electron chi connectivity index (χ1n) is 6.32. The molecule has 1 saturated heterocycles. The van der Waals surface area contributed by atoms with Gasteiger partial charge in [0.25, 0.3) is 0 Å². The standard InChI is InChI=1S/C11H13ClN6O3S/c1-14-9(21)6-4(19)5(20)10(22-6)18-2-15-3-7(13)16-11(12)17-8(3)18/h2,4-6,10,19-20H,1H3,(H,14,21)(H2,13,16,17)/t4-,5-,6-,10-/m0/s1. The van der Waals surface area contributed by atoms with E-state index in [1.807, 2.05) is 0 Å². The Morgan fingerprint density at radius 2 is 2.18 bits per heavy atom. The molecule has 3 heterocycles. The van der Waals surface area contributed by atoms with Gasteiger partial charge in [-0.1, -0.05) is 0 Å². The highest BCUT2D eigenvalue weighted by Crippen LogP contribution is 2.43. The Hall–Kier alpha value is -1.62. The molecule has 1 aliphatic rings. The monoisotopic (exact) mass is 344 g/mol. The van der Waals surface area contributed by atoms with Crippen LogP contribution in [-0.2, 0) is 4.79 Å². The number of rotatable bonds is 2. The summed E-state index contributed by atoms with van der Waals surface area (Å²) in [5.74, 6) is -0.245. The number of hydrogen-bond acceptors (Lipinski definition) is 8. The highest BCUT2D eigenvalue weighted by Gasteiger charge is 2.47. The molecule has 0 bridgehead atoms. The zero-order chi connectivity index (χ0) is 16.0. The van der Waals surface area contributed by atoms with Gasteiger partial charge in [-0.15, -0.1) is 11.8 Å². The van der Waals surface area contributed by atoms with Crippen molar-refractivity contribution in [1.82, 2.24) is 24.8 Å². The third-order valence-corrected chi connectivity index (χ3v) is 5.18. The van der Waals surface area contributed by atoms with E-state index >= 15 is 0 Å². The third kappa shape index (κ3) is 2.28. The summed E-state index contributed by atoms with van der Waals surface area (Å²) in [7, 11) is 1.47. The molecule has 1 aliphatic heterocycles. The Morgan fingerprint density at radius 3 is 2.86 bits per heavy atom. The fourth-order valence-electron chi connectivity index (χ4n) is 2.35. The molecule has 22 heavy (non-hydrogen) atoms. The molecule has 4 atom stereocenters. The SMILES string of the molecule is CNC(=O)[C@H]1S[C@H](n2cnc3c(N)nc(Cl)nc32)[C@@H](O)[C@@H]1O. The summed E-state index contributed by atoms with van der Waals surface area (Å²) in [5.41, 5.74) is 6.41. The number of halogens is 1. The topological polar surface area (TPSA) is 139 Å². The number of nitrogens with two attached hydrogens (primary N) is 1. The summed E-state index contributed by atoms with van der Waals surface area (Å²) in [6.45, 7) is 0. The van der Waals surface area contributed by atoms with Crippen LogP contribution < -0.4 is 11.1 Å². The van der Waals surface area contributed by atoms with Crippen molar-refractivity contribution in [3.05, 3.63) is 11.6 Å². The molecule has 2 aromatic rings. The third-order valence-electron chi connectivity index (χ3n) is 3.44. The Bertz CT molecular complexity index is 740. The van der Waals surface area contributed by atoms with Gasteiger partial charge in [0, 0.05) is 7.05 Å². The lowest BCUT2D eigenvalue weighted by atomic mass is 10.1. The number of nitrogens with zero attached hydrogens (tertiary/aromatic N) is 4. The highest BCUT2D eigenvalue weighted by molar-refractivity contribution is 8.01. The Labute approximate surface area is 133 Å². The number of carbonyl (C=O) groups excluding carboxylic acids is 1. The van der Waals surface area contributed by atoms with Crippen molar-refractivity contribution in [1.29, 1.82) is 0 Å². The first-order valence-corrected chi connectivity index (χ1v) is 7.65. The number of hydrogen-bond donors (Lipinski definition) is 4. The predicted octanol–water partition coefficient (Wildman–Crippen LogP) is -0.856. The van der Waals surface area contributed by atoms with Gasteiger partial charge in [-0.05, 0) is 11.6 Å². The molecule has 3 rings (SSSR count). The van der Waals surface area contributed by atoms with E-state index in [1.54, 1.807) is 0 Å². The summed E-state index contributed by atoms with van der Waals surface area (Å²) >= 11 is 6.91. The predicted molar refractivity (Wildman–Crippen MR) is 81.2 cm³/mol. The number of imidazole rings is 1. The number of anilines is 1. The molecule has 11 heteroatoms. The smallest absolute Gasteiger partial charge is 0.235 e. The van der Waals surface area contributed by atoms with E-state index in [4.69, 9.17) is 17.3 Å². The van der Waals surface area contributed by atoms with Crippen molar-refractivity contribution in [2.45, 2.75) is 22.8 Å². The van der Waals surface area contributed by atoms with E-state index in [0.717, 1.165) is 11.8 Å². The number of carbonyl (C=O) groups is 1. The van der Waals surface area contributed by atoms with Crippen LogP contribution >= 0.6 is 23.4 Å². The first-order chi connectivity index (χ1) is 10.4. The van der Waals surface area contributed by atoms with Crippen LogP contribution in [0.15, 0.2) is 6.33 Å². The maximum atomic E-state index is 11.8. The lowest BCUT2D eigenvalue weighted by Crippen LogP contribution is -2.39. The normalized spacial score (nSPS) is 28.2. The Balaban J connectivity index is 2.03. The molecular weight excluding hydrogens is 332 g/mol. The molecule has 1 amide bonds. The van der Waals surface area contributed by atoms with E-state index < -0.39 is 22.8 Å². The van der Waals surface area contributed by atoms with Gasteiger partial charge >= 0.3 is 0 Å². The van der Waals surface area contributed by atoms with Crippen LogP contribution in [0.25, 0.3) is 11.2 Å². The van der Waals surface area contributed by atoms with Crippen molar-refractivity contribution >= 4 is 46.3 Å². The largest absolute Gasteiger partial charge is 0.389 e. The van der Waals surface area contributed by atoms with E-state index in [-0.39, 0.29) is 17.0 Å². The van der Waals surface area contributed by atoms with Crippen LogP contribution in [0, 0.1) is 0 Å². The molecule has 0 spiro atoms. The second-order valence-electron chi connectivity index (χ2n) is 4.74. The molecular formula is C11H13ClN6O3S. The average molecular weight is 345 g/mol. The molecule has 5 N–H and O–H groups in total. The summed E-state index contributed by atoms with van der Waals surface area (Å²) < 4.78 is 1.53. The minimum absolute atomic E-state index is 0.0485. The molecule has 118 valence electrons. The quantitative estimate of drug-likeness (QED) is 0.516. The van der Waals surface area contributed by atoms with Gasteiger partial charge in [-0.2, -0.15) is 9.97 Å². The van der Waals surface area contributed by atoms with E-state index in [0.29, 0.717) is 11.2 Å². The van der Waals surface area contributed by atoms with Crippen LogP contribution in [0.2, 0.25) is 5.28 Å². The fourth-order valence-corrected chi connectivity index (χ4v) is 3.99. The number of nitrogens with one attached hydrogen (secondary N) is 1. The maximum absolute atomic E-state index is 11.8. The van der Waals surface area contributed by atoms with Gasteiger partial charge in [0.2, 0.25) is 11.2 Å². The zero-order valence-corrected chi connectivity index (χ0v) is 12.9. The second kappa shape index (κ2) is 5.54. The average Bonchev–Trinajstić information content (AvgIpc) is 3.01. The molecule has 0 aliphatic carbocycles. The van der Waals surface area contributed by atoms with Crippen LogP contribution in [0.4, 0.5) is 5.82 Å². The summed E-state index contributed by atoms with van der Waals surface area (Å²) in [5, 5.41) is 21.3. The lowest BCUT2D eigenvalue weighted by Gasteiger charge is -2.16. The van der Waals surface area contributed by atoms with Crippen LogP contribution in [0.5, 0.6) is 0 Å². The number of aromatic nitrogens is 4. The molecule has 2 aromatic heterocycles. The van der Waals surface area contributed by atoms with Crippen molar-refractivity contribution < 1.29 is 15.0 Å². The molecule has 9 nitrogen and oxygen atoms in total. The van der Waals surface area contributed by atoms with E-state index in [1.165, 1.54) is 17.9 Å². The molecule has 0 radical (unpaired) electrons. The summed E-state index contributed by atoms with van der Waals surface area (Å²) in [6.07, 6.45) is -0.951. The minimum Gasteiger partial charge on any atom is -0.389 e. The van der Waals surface area contributed by atoms with E-state index in [2.05, 4.69) is 20.3 Å². The molecule has 0 unspecified atom stereocenters. The Morgan fingerprint density at radius 1 is 1.45 bits per heavy atom. The van der Waals surface area contributed by atoms with Crippen molar-refractivity contribution in [3.63, 3.8) is 0 Å². The summed E-state index contributed by atoms with van der Waals surface area (Å²) in [4.78, 5) is 23.7.